The van der Waals surface area contributed by atoms with Crippen LogP contribution in [0.25, 0.3) is 0 Å². The van der Waals surface area contributed by atoms with Crippen molar-refractivity contribution in [2.45, 2.75) is 19.4 Å². The zero-order chi connectivity index (χ0) is 10.3. The number of rotatable bonds is 0. The molecule has 0 saturated carbocycles. The van der Waals surface area contributed by atoms with E-state index in [0.29, 0.717) is 0 Å². The second-order valence-corrected chi connectivity index (χ2v) is 4.64. The maximum atomic E-state index is 5.76. The molecule has 1 aliphatic rings. The standard InChI is InChI=1S/C11H17N3/c1-11(2)7-14(3)10-6-8(12)4-5-9(10)13-11/h4-6,13H,7,12H2,1-3H3. The largest absolute Gasteiger partial charge is 0.399 e. The number of nitrogens with zero attached hydrogens (tertiary/aromatic N) is 1. The Labute approximate surface area is 84.9 Å². The number of nitrogen functional groups attached to an aromatic ring is 1. The van der Waals surface area contributed by atoms with Gasteiger partial charge in [0.25, 0.3) is 0 Å². The van der Waals surface area contributed by atoms with Gasteiger partial charge >= 0.3 is 0 Å². The predicted octanol–water partition coefficient (Wildman–Crippen LogP) is 1.91. The fraction of sp³-hybridized carbons (Fsp3) is 0.455. The van der Waals surface area contributed by atoms with Gasteiger partial charge in [0, 0.05) is 24.8 Å². The van der Waals surface area contributed by atoms with Gasteiger partial charge in [0.2, 0.25) is 0 Å². The van der Waals surface area contributed by atoms with Gasteiger partial charge in [-0.1, -0.05) is 0 Å². The van der Waals surface area contributed by atoms with Gasteiger partial charge < -0.3 is 16.0 Å². The van der Waals surface area contributed by atoms with E-state index in [1.54, 1.807) is 0 Å². The first-order chi connectivity index (χ1) is 6.48. The molecular formula is C11H17N3. The lowest BCUT2D eigenvalue weighted by Crippen LogP contribution is -2.46. The van der Waals surface area contributed by atoms with Crippen LogP contribution in [0.4, 0.5) is 17.1 Å². The Kier molecular flexibility index (Phi) is 1.84. The maximum Gasteiger partial charge on any atom is 0.0621 e. The minimum atomic E-state index is 0.123. The fourth-order valence-corrected chi connectivity index (χ4v) is 2.05. The van der Waals surface area contributed by atoms with Gasteiger partial charge in [0.1, 0.15) is 0 Å². The summed E-state index contributed by atoms with van der Waals surface area (Å²) in [4.78, 5) is 2.24. The van der Waals surface area contributed by atoms with Gasteiger partial charge in [0.05, 0.1) is 11.4 Å². The van der Waals surface area contributed by atoms with E-state index in [1.165, 1.54) is 5.69 Å². The van der Waals surface area contributed by atoms with Gasteiger partial charge in [-0.3, -0.25) is 0 Å². The zero-order valence-electron chi connectivity index (χ0n) is 8.96. The molecule has 1 aromatic rings. The monoisotopic (exact) mass is 191 g/mol. The molecule has 3 heteroatoms. The highest BCUT2D eigenvalue weighted by Gasteiger charge is 2.27. The predicted molar refractivity (Wildman–Crippen MR) is 61.8 cm³/mol. The third-order valence-corrected chi connectivity index (χ3v) is 2.54. The van der Waals surface area contributed by atoms with Crippen LogP contribution in [0.2, 0.25) is 0 Å². The average molecular weight is 191 g/mol. The van der Waals surface area contributed by atoms with E-state index in [9.17, 15) is 0 Å². The molecule has 1 aromatic carbocycles. The van der Waals surface area contributed by atoms with Crippen LogP contribution in [0.3, 0.4) is 0 Å². The van der Waals surface area contributed by atoms with E-state index < -0.39 is 0 Å². The van der Waals surface area contributed by atoms with Crippen LogP contribution in [-0.2, 0) is 0 Å². The first-order valence-corrected chi connectivity index (χ1v) is 4.87. The van der Waals surface area contributed by atoms with Gasteiger partial charge in [0.15, 0.2) is 0 Å². The van der Waals surface area contributed by atoms with E-state index in [-0.39, 0.29) is 5.54 Å². The van der Waals surface area contributed by atoms with Gasteiger partial charge in [-0.15, -0.1) is 0 Å². The van der Waals surface area contributed by atoms with Crippen LogP contribution in [0, 0.1) is 0 Å². The summed E-state index contributed by atoms with van der Waals surface area (Å²) in [7, 11) is 2.10. The summed E-state index contributed by atoms with van der Waals surface area (Å²) in [6.07, 6.45) is 0. The van der Waals surface area contributed by atoms with Crippen molar-refractivity contribution < 1.29 is 0 Å². The lowest BCUT2D eigenvalue weighted by Gasteiger charge is -2.40. The Hall–Kier alpha value is -1.38. The van der Waals surface area contributed by atoms with Crippen molar-refractivity contribution in [2.24, 2.45) is 0 Å². The summed E-state index contributed by atoms with van der Waals surface area (Å²) in [5.74, 6) is 0. The highest BCUT2D eigenvalue weighted by Crippen LogP contribution is 2.34. The third kappa shape index (κ3) is 1.50. The quantitative estimate of drug-likeness (QED) is 0.615. The summed E-state index contributed by atoms with van der Waals surface area (Å²) in [5.41, 5.74) is 9.05. The first-order valence-electron chi connectivity index (χ1n) is 4.87. The Morgan fingerprint density at radius 3 is 2.86 bits per heavy atom. The number of hydrogen-bond donors (Lipinski definition) is 2. The van der Waals surface area contributed by atoms with Crippen LogP contribution >= 0.6 is 0 Å². The summed E-state index contributed by atoms with van der Waals surface area (Å²) in [6, 6.07) is 5.99. The van der Waals surface area contributed by atoms with Crippen molar-refractivity contribution in [3.8, 4) is 0 Å². The normalized spacial score (nSPS) is 18.6. The molecule has 0 radical (unpaired) electrons. The van der Waals surface area contributed by atoms with E-state index in [1.807, 2.05) is 18.2 Å². The topological polar surface area (TPSA) is 41.3 Å². The molecule has 0 aliphatic carbocycles. The molecule has 0 amide bonds. The molecule has 0 aromatic heterocycles. The Morgan fingerprint density at radius 1 is 1.43 bits per heavy atom. The number of hydrogen-bond acceptors (Lipinski definition) is 3. The zero-order valence-corrected chi connectivity index (χ0v) is 8.96. The molecule has 0 unspecified atom stereocenters. The van der Waals surface area contributed by atoms with E-state index >= 15 is 0 Å². The fourth-order valence-electron chi connectivity index (χ4n) is 2.05. The molecule has 0 bridgehead atoms. The van der Waals surface area contributed by atoms with Crippen LogP contribution in [0.1, 0.15) is 13.8 Å². The van der Waals surface area contributed by atoms with Crippen molar-refractivity contribution in [3.05, 3.63) is 18.2 Å². The van der Waals surface area contributed by atoms with E-state index in [4.69, 9.17) is 5.73 Å². The highest BCUT2D eigenvalue weighted by molar-refractivity contribution is 5.76. The molecule has 3 nitrogen and oxygen atoms in total. The number of fused-ring (bicyclic) bond motifs is 1. The van der Waals surface area contributed by atoms with Crippen molar-refractivity contribution in [2.75, 3.05) is 29.5 Å². The molecule has 0 fully saturated rings. The minimum Gasteiger partial charge on any atom is -0.399 e. The Balaban J connectivity index is 2.45. The molecule has 0 atom stereocenters. The number of anilines is 3. The second kappa shape index (κ2) is 2.80. The number of likely N-dealkylation sites (N-methyl/N-ethyl adjacent to an activating group) is 1. The van der Waals surface area contributed by atoms with Crippen LogP contribution in [0.5, 0.6) is 0 Å². The molecule has 0 spiro atoms. The lowest BCUT2D eigenvalue weighted by molar-refractivity contribution is 0.550. The molecular weight excluding hydrogens is 174 g/mol. The lowest BCUT2D eigenvalue weighted by atomic mass is 10.00. The molecule has 0 saturated heterocycles. The highest BCUT2D eigenvalue weighted by atomic mass is 15.2. The molecule has 14 heavy (non-hydrogen) atoms. The van der Waals surface area contributed by atoms with Crippen LogP contribution in [-0.4, -0.2) is 19.1 Å². The van der Waals surface area contributed by atoms with Crippen molar-refractivity contribution in [1.82, 2.24) is 0 Å². The summed E-state index contributed by atoms with van der Waals surface area (Å²) < 4.78 is 0. The molecule has 1 heterocycles. The van der Waals surface area contributed by atoms with Gasteiger partial charge in [-0.25, -0.2) is 0 Å². The SMILES string of the molecule is CN1CC(C)(C)Nc2ccc(N)cc21. The summed E-state index contributed by atoms with van der Waals surface area (Å²) in [6.45, 7) is 5.38. The smallest absolute Gasteiger partial charge is 0.0621 e. The summed E-state index contributed by atoms with van der Waals surface area (Å²) in [5, 5.41) is 3.50. The minimum absolute atomic E-state index is 0.123. The third-order valence-electron chi connectivity index (χ3n) is 2.54. The first kappa shape index (κ1) is 9.19. The van der Waals surface area contributed by atoms with Crippen molar-refractivity contribution in [1.29, 1.82) is 0 Å². The molecule has 3 N–H and O–H groups in total. The van der Waals surface area contributed by atoms with Crippen molar-refractivity contribution >= 4 is 17.1 Å². The number of nitrogens with one attached hydrogen (secondary N) is 1. The Bertz CT molecular complexity index is 358. The Morgan fingerprint density at radius 2 is 2.14 bits per heavy atom. The van der Waals surface area contributed by atoms with Crippen molar-refractivity contribution in [3.63, 3.8) is 0 Å². The maximum absolute atomic E-state index is 5.76. The second-order valence-electron chi connectivity index (χ2n) is 4.64. The number of benzene rings is 1. The van der Waals surface area contributed by atoms with E-state index in [0.717, 1.165) is 17.9 Å². The van der Waals surface area contributed by atoms with E-state index in [2.05, 4.69) is 31.1 Å². The molecule has 76 valence electrons. The van der Waals surface area contributed by atoms with Crippen LogP contribution < -0.4 is 16.0 Å². The van der Waals surface area contributed by atoms with Crippen LogP contribution in [0.15, 0.2) is 18.2 Å². The molecule has 1 aliphatic heterocycles. The summed E-state index contributed by atoms with van der Waals surface area (Å²) >= 11 is 0. The van der Waals surface area contributed by atoms with Gasteiger partial charge in [-0.05, 0) is 32.0 Å². The average Bonchev–Trinajstić information content (AvgIpc) is 2.05. The molecule has 2 rings (SSSR count). The van der Waals surface area contributed by atoms with Gasteiger partial charge in [-0.2, -0.15) is 0 Å². The number of nitrogens with two attached hydrogens (primary N) is 1.